The molecule has 0 aliphatic carbocycles. The minimum atomic E-state index is -0.698. The van der Waals surface area contributed by atoms with Crippen LogP contribution in [0.5, 0.6) is 0 Å². The number of aromatic nitrogens is 2. The summed E-state index contributed by atoms with van der Waals surface area (Å²) in [6, 6.07) is 1.35. The van der Waals surface area contributed by atoms with Crippen LogP contribution in [0.25, 0.3) is 0 Å². The molecule has 1 N–H and O–H groups in total. The highest BCUT2D eigenvalue weighted by Gasteiger charge is 2.21. The largest absolute Gasteiger partial charge is 0.372 e. The molecule has 1 aromatic rings. The standard InChI is InChI=1S/C6H6N2O2S/c9-4-1-2-7-6-8(4)5(10)3-11-6/h1-2,5,10H,3H2. The second-order valence-electron chi connectivity index (χ2n) is 2.23. The van der Waals surface area contributed by atoms with E-state index in [9.17, 15) is 9.90 Å². The Kier molecular flexibility index (Phi) is 1.47. The van der Waals surface area contributed by atoms with E-state index < -0.39 is 6.23 Å². The number of hydrogen-bond donors (Lipinski definition) is 1. The molecule has 0 saturated carbocycles. The molecule has 4 nitrogen and oxygen atoms in total. The fourth-order valence-corrected chi connectivity index (χ4v) is 1.94. The van der Waals surface area contributed by atoms with Crippen LogP contribution in [0.1, 0.15) is 6.23 Å². The highest BCUT2D eigenvalue weighted by molar-refractivity contribution is 7.99. The van der Waals surface area contributed by atoms with Crippen LogP contribution in [-0.2, 0) is 0 Å². The number of hydrogen-bond acceptors (Lipinski definition) is 4. The Morgan fingerprint density at radius 1 is 1.82 bits per heavy atom. The minimum Gasteiger partial charge on any atom is -0.372 e. The van der Waals surface area contributed by atoms with Gasteiger partial charge in [0.1, 0.15) is 6.23 Å². The number of fused-ring (bicyclic) bond motifs is 1. The van der Waals surface area contributed by atoms with Gasteiger partial charge in [-0.2, -0.15) is 0 Å². The van der Waals surface area contributed by atoms with Crippen molar-refractivity contribution in [2.45, 2.75) is 11.4 Å². The SMILES string of the molecule is O=c1ccnc2n1C(O)CS2. The Balaban J connectivity index is 2.68. The van der Waals surface area contributed by atoms with E-state index >= 15 is 0 Å². The van der Waals surface area contributed by atoms with Gasteiger partial charge in [-0.05, 0) is 0 Å². The maximum atomic E-state index is 11.1. The van der Waals surface area contributed by atoms with Crippen molar-refractivity contribution < 1.29 is 5.11 Å². The molecule has 2 rings (SSSR count). The van der Waals surface area contributed by atoms with E-state index in [0.717, 1.165) is 0 Å². The summed E-state index contributed by atoms with van der Waals surface area (Å²) in [4.78, 5) is 15.0. The predicted octanol–water partition coefficient (Wildman–Crippen LogP) is -0.160. The number of aliphatic hydroxyl groups is 1. The number of nitrogens with zero attached hydrogens (tertiary/aromatic N) is 2. The van der Waals surface area contributed by atoms with Gasteiger partial charge in [-0.3, -0.25) is 9.36 Å². The van der Waals surface area contributed by atoms with E-state index in [4.69, 9.17) is 0 Å². The zero-order chi connectivity index (χ0) is 7.84. The number of rotatable bonds is 0. The molecule has 58 valence electrons. The molecule has 1 atom stereocenters. The summed E-state index contributed by atoms with van der Waals surface area (Å²) in [5, 5.41) is 9.87. The van der Waals surface area contributed by atoms with Gasteiger partial charge in [-0.1, -0.05) is 11.8 Å². The van der Waals surface area contributed by atoms with Gasteiger partial charge < -0.3 is 5.11 Å². The van der Waals surface area contributed by atoms with Crippen LogP contribution < -0.4 is 5.56 Å². The van der Waals surface area contributed by atoms with Gasteiger partial charge in [0.15, 0.2) is 5.16 Å². The maximum Gasteiger partial charge on any atom is 0.256 e. The van der Waals surface area contributed by atoms with Crippen molar-refractivity contribution in [1.29, 1.82) is 0 Å². The first kappa shape index (κ1) is 6.87. The molecule has 0 radical (unpaired) electrons. The normalized spacial score (nSPS) is 21.7. The van der Waals surface area contributed by atoms with Crippen molar-refractivity contribution in [3.63, 3.8) is 0 Å². The summed E-state index contributed by atoms with van der Waals surface area (Å²) >= 11 is 1.39. The average molecular weight is 170 g/mol. The third-order valence-electron chi connectivity index (χ3n) is 1.51. The van der Waals surface area contributed by atoms with E-state index in [2.05, 4.69) is 4.98 Å². The number of thioether (sulfide) groups is 1. The van der Waals surface area contributed by atoms with E-state index in [-0.39, 0.29) is 5.56 Å². The Morgan fingerprint density at radius 3 is 3.36 bits per heavy atom. The first-order chi connectivity index (χ1) is 5.29. The highest BCUT2D eigenvalue weighted by Crippen LogP contribution is 2.26. The van der Waals surface area contributed by atoms with Gasteiger partial charge >= 0.3 is 0 Å². The third-order valence-corrected chi connectivity index (χ3v) is 2.53. The molecule has 1 aromatic heterocycles. The molecule has 0 saturated heterocycles. The molecule has 11 heavy (non-hydrogen) atoms. The fourth-order valence-electron chi connectivity index (χ4n) is 1.01. The molecule has 2 heterocycles. The van der Waals surface area contributed by atoms with E-state index in [1.807, 2.05) is 0 Å². The maximum absolute atomic E-state index is 11.1. The van der Waals surface area contributed by atoms with Crippen LogP contribution in [0.15, 0.2) is 22.2 Å². The molecular formula is C6H6N2O2S. The molecule has 0 spiro atoms. The van der Waals surface area contributed by atoms with Gasteiger partial charge in [0.25, 0.3) is 5.56 Å². The molecule has 0 amide bonds. The quantitative estimate of drug-likeness (QED) is 0.550. The van der Waals surface area contributed by atoms with Gasteiger partial charge in [-0.25, -0.2) is 4.98 Å². The zero-order valence-electron chi connectivity index (χ0n) is 5.60. The van der Waals surface area contributed by atoms with Crippen molar-refractivity contribution in [3.8, 4) is 0 Å². The molecule has 0 aromatic carbocycles. The third kappa shape index (κ3) is 0.965. The molecule has 1 unspecified atom stereocenters. The van der Waals surface area contributed by atoms with E-state index in [1.165, 1.54) is 28.6 Å². The van der Waals surface area contributed by atoms with Crippen LogP contribution >= 0.6 is 11.8 Å². The topological polar surface area (TPSA) is 55.1 Å². The molecule has 0 fully saturated rings. The summed E-state index contributed by atoms with van der Waals surface area (Å²) < 4.78 is 1.30. The van der Waals surface area contributed by atoms with Gasteiger partial charge in [0.2, 0.25) is 0 Å². The van der Waals surface area contributed by atoms with Crippen molar-refractivity contribution in [3.05, 3.63) is 22.6 Å². The van der Waals surface area contributed by atoms with Gasteiger partial charge in [0.05, 0.1) is 0 Å². The van der Waals surface area contributed by atoms with Gasteiger partial charge in [-0.15, -0.1) is 0 Å². The van der Waals surface area contributed by atoms with Crippen molar-refractivity contribution in [2.75, 3.05) is 5.75 Å². The lowest BCUT2D eigenvalue weighted by atomic mass is 10.6. The summed E-state index contributed by atoms with van der Waals surface area (Å²) in [5.74, 6) is 0.520. The van der Waals surface area contributed by atoms with Crippen LogP contribution in [0.4, 0.5) is 0 Å². The lowest BCUT2D eigenvalue weighted by Gasteiger charge is -2.03. The Bertz CT molecular complexity index is 336. The first-order valence-electron chi connectivity index (χ1n) is 3.17. The Hall–Kier alpha value is -0.810. The van der Waals surface area contributed by atoms with E-state index in [0.29, 0.717) is 10.9 Å². The van der Waals surface area contributed by atoms with Crippen molar-refractivity contribution >= 4 is 11.8 Å². The minimum absolute atomic E-state index is 0.187. The second-order valence-corrected chi connectivity index (χ2v) is 3.21. The Labute approximate surface area is 66.9 Å². The zero-order valence-corrected chi connectivity index (χ0v) is 6.41. The summed E-state index contributed by atoms with van der Waals surface area (Å²) in [6.45, 7) is 0. The molecule has 5 heteroatoms. The monoisotopic (exact) mass is 170 g/mol. The molecule has 1 aliphatic heterocycles. The fraction of sp³-hybridized carbons (Fsp3) is 0.333. The van der Waals surface area contributed by atoms with Crippen LogP contribution in [0.2, 0.25) is 0 Å². The van der Waals surface area contributed by atoms with Crippen LogP contribution in [0, 0.1) is 0 Å². The van der Waals surface area contributed by atoms with E-state index in [1.54, 1.807) is 0 Å². The smallest absolute Gasteiger partial charge is 0.256 e. The van der Waals surface area contributed by atoms with Crippen LogP contribution in [-0.4, -0.2) is 20.4 Å². The summed E-state index contributed by atoms with van der Waals surface area (Å²) in [5.41, 5.74) is -0.187. The van der Waals surface area contributed by atoms with Crippen molar-refractivity contribution in [1.82, 2.24) is 9.55 Å². The predicted molar refractivity (Wildman–Crippen MR) is 40.5 cm³/mol. The van der Waals surface area contributed by atoms with Crippen molar-refractivity contribution in [2.24, 2.45) is 0 Å². The molecular weight excluding hydrogens is 164 g/mol. The Morgan fingerprint density at radius 2 is 2.64 bits per heavy atom. The van der Waals surface area contributed by atoms with Crippen LogP contribution in [0.3, 0.4) is 0 Å². The summed E-state index contributed by atoms with van der Waals surface area (Å²) in [7, 11) is 0. The highest BCUT2D eigenvalue weighted by atomic mass is 32.2. The molecule has 1 aliphatic rings. The van der Waals surface area contributed by atoms with Gasteiger partial charge in [0, 0.05) is 18.0 Å². The first-order valence-corrected chi connectivity index (χ1v) is 4.16. The number of aliphatic hydroxyl groups excluding tert-OH is 1. The molecule has 0 bridgehead atoms. The summed E-state index contributed by atoms with van der Waals surface area (Å²) in [6.07, 6.45) is 0.760. The average Bonchev–Trinajstić information content (AvgIpc) is 2.34. The second kappa shape index (κ2) is 2.35. The lowest BCUT2D eigenvalue weighted by Crippen LogP contribution is -2.22. The lowest BCUT2D eigenvalue weighted by molar-refractivity contribution is 0.121.